The lowest BCUT2D eigenvalue weighted by Gasteiger charge is -2.36. The monoisotopic (exact) mass is 498 g/mol. The summed E-state index contributed by atoms with van der Waals surface area (Å²) in [4.78, 5) is 21.5. The van der Waals surface area contributed by atoms with Crippen LogP contribution in [-0.2, 0) is 0 Å². The van der Waals surface area contributed by atoms with Crippen molar-refractivity contribution in [1.29, 1.82) is 0 Å². The van der Waals surface area contributed by atoms with Gasteiger partial charge in [-0.25, -0.2) is 4.98 Å². The van der Waals surface area contributed by atoms with Gasteiger partial charge >= 0.3 is 0 Å². The Morgan fingerprint density at radius 2 is 1.78 bits per heavy atom. The number of hydrogen-bond donors (Lipinski definition) is 1. The highest BCUT2D eigenvalue weighted by Crippen LogP contribution is 2.32. The van der Waals surface area contributed by atoms with Crippen molar-refractivity contribution in [1.82, 2.24) is 14.5 Å². The minimum atomic E-state index is -0.608. The third-order valence-corrected chi connectivity index (χ3v) is 7.08. The molecule has 192 valence electrons. The van der Waals surface area contributed by atoms with E-state index in [4.69, 9.17) is 4.74 Å². The van der Waals surface area contributed by atoms with Gasteiger partial charge < -0.3 is 19.3 Å². The van der Waals surface area contributed by atoms with E-state index in [9.17, 15) is 9.90 Å². The molecule has 1 fully saturated rings. The summed E-state index contributed by atoms with van der Waals surface area (Å²) in [5.41, 5.74) is 4.78. The molecule has 2 aromatic heterocycles. The smallest absolute Gasteiger partial charge is 0.162 e. The van der Waals surface area contributed by atoms with E-state index < -0.39 is 6.10 Å². The Bertz CT molecular complexity index is 1370. The molecule has 4 aromatic rings. The van der Waals surface area contributed by atoms with Crippen LogP contribution in [-0.4, -0.2) is 70.8 Å². The number of aromatic nitrogens is 2. The average molecular weight is 499 g/mol. The second-order valence-corrected chi connectivity index (χ2v) is 9.81. The van der Waals surface area contributed by atoms with Gasteiger partial charge in [-0.1, -0.05) is 23.8 Å². The summed E-state index contributed by atoms with van der Waals surface area (Å²) in [6.45, 7) is 9.89. The molecule has 0 aliphatic carbocycles. The quantitative estimate of drug-likeness (QED) is 0.363. The molecule has 0 radical (unpaired) electrons. The number of pyridine rings is 1. The molecule has 5 rings (SSSR count). The molecule has 7 nitrogen and oxygen atoms in total. The molecule has 7 heteroatoms. The van der Waals surface area contributed by atoms with Crippen molar-refractivity contribution < 1.29 is 14.6 Å². The number of ether oxygens (including phenoxy) is 1. The van der Waals surface area contributed by atoms with Crippen molar-refractivity contribution >= 4 is 22.5 Å². The second kappa shape index (κ2) is 10.7. The van der Waals surface area contributed by atoms with Crippen LogP contribution < -0.4 is 9.64 Å². The van der Waals surface area contributed by atoms with E-state index in [0.717, 1.165) is 54.3 Å². The lowest BCUT2D eigenvalue weighted by atomic mass is 10.1. The number of aryl methyl sites for hydroxylation is 1. The molecule has 1 aliphatic heterocycles. The lowest BCUT2D eigenvalue weighted by Crippen LogP contribution is -2.49. The number of carbonyl (C=O) groups excluding carboxylic acids is 1. The van der Waals surface area contributed by atoms with Crippen LogP contribution in [0.25, 0.3) is 16.6 Å². The highest BCUT2D eigenvalue weighted by molar-refractivity contribution is 6.09. The number of piperazine rings is 1. The van der Waals surface area contributed by atoms with Crippen molar-refractivity contribution in [2.24, 2.45) is 0 Å². The number of Topliss-reactive ketones (excluding diaryl/α,β-unsaturated/α-hetero) is 1. The largest absolute Gasteiger partial charge is 0.491 e. The van der Waals surface area contributed by atoms with Gasteiger partial charge in [-0.05, 0) is 63.2 Å². The maximum atomic E-state index is 12.6. The van der Waals surface area contributed by atoms with Crippen LogP contribution in [0.15, 0.2) is 66.9 Å². The van der Waals surface area contributed by atoms with Gasteiger partial charge in [0.25, 0.3) is 0 Å². The number of hydrogen-bond acceptors (Lipinski definition) is 6. The maximum Gasteiger partial charge on any atom is 0.162 e. The number of fused-ring (bicyclic) bond motifs is 1. The average Bonchev–Trinajstić information content (AvgIpc) is 3.20. The van der Waals surface area contributed by atoms with Gasteiger partial charge in [0, 0.05) is 61.3 Å². The molecule has 0 amide bonds. The number of aliphatic hydroxyl groups is 1. The molecule has 0 spiro atoms. The first kappa shape index (κ1) is 25.0. The standard InChI is InChI=1S/C30H34N4O3/c1-21-7-9-24(10-8-21)34-22(2)30(23(3)35)27-18-26(11-12-28(27)34)37-20-25(36)19-32-14-16-33(17-15-32)29-6-4-5-13-31-29/h4-13,18,25,36H,14-17,19-20H2,1-3H3/t25-/m0/s1. The normalized spacial score (nSPS) is 15.2. The summed E-state index contributed by atoms with van der Waals surface area (Å²) < 4.78 is 8.12. The summed E-state index contributed by atoms with van der Waals surface area (Å²) in [7, 11) is 0. The fourth-order valence-corrected chi connectivity index (χ4v) is 5.20. The molecule has 1 atom stereocenters. The number of aliphatic hydroxyl groups excluding tert-OH is 1. The Morgan fingerprint density at radius 1 is 1.03 bits per heavy atom. The van der Waals surface area contributed by atoms with Crippen LogP contribution in [0.2, 0.25) is 0 Å². The van der Waals surface area contributed by atoms with Crippen molar-refractivity contribution in [3.8, 4) is 11.4 Å². The van der Waals surface area contributed by atoms with Crippen LogP contribution in [0.5, 0.6) is 5.75 Å². The molecule has 1 aliphatic rings. The van der Waals surface area contributed by atoms with Gasteiger partial charge in [-0.15, -0.1) is 0 Å². The zero-order chi connectivity index (χ0) is 25.9. The lowest BCUT2D eigenvalue weighted by molar-refractivity contribution is 0.0663. The van der Waals surface area contributed by atoms with Crippen LogP contribution in [0.3, 0.4) is 0 Å². The number of benzene rings is 2. The number of ketones is 1. The minimum absolute atomic E-state index is 0.0235. The number of anilines is 1. The zero-order valence-corrected chi connectivity index (χ0v) is 21.7. The predicted molar refractivity (Wildman–Crippen MR) is 147 cm³/mol. The molecule has 3 heterocycles. The molecule has 2 aromatic carbocycles. The van der Waals surface area contributed by atoms with Crippen molar-refractivity contribution in [2.45, 2.75) is 26.9 Å². The Kier molecular flexibility index (Phi) is 7.26. The fraction of sp³-hybridized carbons (Fsp3) is 0.333. The van der Waals surface area contributed by atoms with Crippen LogP contribution >= 0.6 is 0 Å². The first-order chi connectivity index (χ1) is 17.9. The summed E-state index contributed by atoms with van der Waals surface area (Å²) in [5, 5.41) is 11.5. The van der Waals surface area contributed by atoms with Crippen LogP contribution in [0, 0.1) is 13.8 Å². The summed E-state index contributed by atoms with van der Waals surface area (Å²) in [6, 6.07) is 20.1. The first-order valence-corrected chi connectivity index (χ1v) is 12.8. The van der Waals surface area contributed by atoms with E-state index in [1.807, 2.05) is 49.5 Å². The van der Waals surface area contributed by atoms with Gasteiger partial charge in [0.2, 0.25) is 0 Å². The number of carbonyl (C=O) groups is 1. The third-order valence-electron chi connectivity index (χ3n) is 7.08. The molecular formula is C30H34N4O3. The SMILES string of the molecule is CC(=O)c1c(C)n(-c2ccc(C)cc2)c2ccc(OC[C@@H](O)CN3CCN(c4ccccn4)CC3)cc12. The van der Waals surface area contributed by atoms with Gasteiger partial charge in [0.15, 0.2) is 5.78 Å². The van der Waals surface area contributed by atoms with Gasteiger partial charge in [0.05, 0.1) is 5.52 Å². The van der Waals surface area contributed by atoms with Gasteiger partial charge in [-0.3, -0.25) is 9.69 Å². The van der Waals surface area contributed by atoms with E-state index in [1.54, 1.807) is 6.92 Å². The van der Waals surface area contributed by atoms with E-state index >= 15 is 0 Å². The topological polar surface area (TPSA) is 70.8 Å². The van der Waals surface area contributed by atoms with Crippen LogP contribution in [0.4, 0.5) is 5.82 Å². The molecule has 1 N–H and O–H groups in total. The number of nitrogens with zero attached hydrogens (tertiary/aromatic N) is 4. The van der Waals surface area contributed by atoms with E-state index in [-0.39, 0.29) is 12.4 Å². The molecule has 0 bridgehead atoms. The van der Waals surface area contributed by atoms with Gasteiger partial charge in [0.1, 0.15) is 24.3 Å². The van der Waals surface area contributed by atoms with Crippen molar-refractivity contribution in [2.75, 3.05) is 44.2 Å². The summed E-state index contributed by atoms with van der Waals surface area (Å²) >= 11 is 0. The van der Waals surface area contributed by atoms with Crippen molar-refractivity contribution in [3.63, 3.8) is 0 Å². The highest BCUT2D eigenvalue weighted by Gasteiger charge is 2.21. The van der Waals surface area contributed by atoms with E-state index in [0.29, 0.717) is 17.9 Å². The second-order valence-electron chi connectivity index (χ2n) is 9.81. The van der Waals surface area contributed by atoms with Crippen molar-refractivity contribution in [3.05, 3.63) is 83.7 Å². The molecule has 0 saturated carbocycles. The van der Waals surface area contributed by atoms with E-state index in [1.165, 1.54) is 5.56 Å². The van der Waals surface area contributed by atoms with E-state index in [2.05, 4.69) is 50.5 Å². The molecule has 1 saturated heterocycles. The summed E-state index contributed by atoms with van der Waals surface area (Å²) in [5.74, 6) is 1.67. The highest BCUT2D eigenvalue weighted by atomic mass is 16.5. The van der Waals surface area contributed by atoms with Crippen LogP contribution in [0.1, 0.15) is 28.5 Å². The molecule has 0 unspecified atom stereocenters. The Hall–Kier alpha value is -3.68. The first-order valence-electron chi connectivity index (χ1n) is 12.8. The Balaban J connectivity index is 1.25. The summed E-state index contributed by atoms with van der Waals surface area (Å²) in [6.07, 6.45) is 1.21. The number of β-amino-alcohol motifs (C(OH)–C–C–N with tert-alkyl or cyclic N) is 1. The predicted octanol–water partition coefficient (Wildman–Crippen LogP) is 4.41. The van der Waals surface area contributed by atoms with Gasteiger partial charge in [-0.2, -0.15) is 0 Å². The molecular weight excluding hydrogens is 464 g/mol. The molecule has 37 heavy (non-hydrogen) atoms. The Labute approximate surface area is 217 Å². The maximum absolute atomic E-state index is 12.6. The number of rotatable bonds is 8. The minimum Gasteiger partial charge on any atom is -0.491 e. The fourth-order valence-electron chi connectivity index (χ4n) is 5.20. The Morgan fingerprint density at radius 3 is 2.46 bits per heavy atom. The third kappa shape index (κ3) is 5.38. The zero-order valence-electron chi connectivity index (χ0n) is 21.7.